The molecular weight excluding hydrogens is 552 g/mol. The number of hydrogen-bond donors (Lipinski definition) is 4. The summed E-state index contributed by atoms with van der Waals surface area (Å²) in [6, 6.07) is 9.86. The van der Waals surface area contributed by atoms with Crippen LogP contribution in [0.5, 0.6) is 5.75 Å². The van der Waals surface area contributed by atoms with Crippen LogP contribution in [-0.2, 0) is 20.7 Å². The van der Waals surface area contributed by atoms with E-state index in [0.29, 0.717) is 22.3 Å². The number of carbonyl (C=O) groups is 4. The molecule has 0 fully saturated rings. The normalized spacial score (nSPS) is 28.5. The van der Waals surface area contributed by atoms with Crippen molar-refractivity contribution in [3.8, 4) is 16.9 Å². The predicted molar refractivity (Wildman–Crippen MR) is 157 cm³/mol. The van der Waals surface area contributed by atoms with Gasteiger partial charge in [0.2, 0.25) is 5.78 Å². The molecule has 4 atom stereocenters. The highest BCUT2D eigenvalue weighted by molar-refractivity contribution is 6.25. The number of Topliss-reactive ketones (excluding diaryl/α,β-unsaturated/α-hetero) is 4. The number of phenols is 1. The number of aliphatic hydroxyl groups excluding tert-OH is 2. The van der Waals surface area contributed by atoms with Gasteiger partial charge in [0.05, 0.1) is 5.56 Å². The zero-order valence-electron chi connectivity index (χ0n) is 25.1. The first-order chi connectivity index (χ1) is 20.0. The van der Waals surface area contributed by atoms with Crippen molar-refractivity contribution in [3.05, 3.63) is 75.8 Å². The van der Waals surface area contributed by atoms with Gasteiger partial charge in [-0.25, -0.2) is 0 Å². The van der Waals surface area contributed by atoms with Crippen LogP contribution in [0.4, 0.5) is 0 Å². The third-order valence-corrected chi connectivity index (χ3v) is 9.66. The van der Waals surface area contributed by atoms with Crippen LogP contribution in [0.25, 0.3) is 11.1 Å². The minimum absolute atomic E-state index is 0.00757. The number of aromatic hydroxyl groups is 1. The van der Waals surface area contributed by atoms with E-state index in [0.717, 1.165) is 6.92 Å². The van der Waals surface area contributed by atoms with Crippen molar-refractivity contribution in [1.29, 1.82) is 0 Å². The lowest BCUT2D eigenvalue weighted by Gasteiger charge is -2.59. The molecule has 3 aliphatic rings. The van der Waals surface area contributed by atoms with Gasteiger partial charge in [-0.05, 0) is 54.5 Å². The van der Waals surface area contributed by atoms with E-state index in [-0.39, 0.29) is 48.0 Å². The largest absolute Gasteiger partial charge is 0.511 e. The first-order valence-electron chi connectivity index (χ1n) is 14.2. The number of carbonyl (C=O) groups excluding carboxylic acids is 4. The second-order valence-corrected chi connectivity index (χ2v) is 12.9. The van der Waals surface area contributed by atoms with Crippen LogP contribution in [0.2, 0.25) is 0 Å². The van der Waals surface area contributed by atoms with Crippen molar-refractivity contribution in [2.45, 2.75) is 53.1 Å². The number of methoxy groups -OCH3 is 1. The maximum absolute atomic E-state index is 14.3. The Balaban J connectivity index is 1.76. The highest BCUT2D eigenvalue weighted by atomic mass is 16.5. The van der Waals surface area contributed by atoms with Gasteiger partial charge in [0, 0.05) is 35.0 Å². The topological polar surface area (TPSA) is 158 Å². The number of hydrogen-bond acceptors (Lipinski definition) is 9. The number of benzene rings is 2. The fraction of sp³-hybridized carbons (Fsp3) is 0.412. The monoisotopic (exact) mass is 588 g/mol. The number of allylic oxidation sites excluding steroid dienone is 2. The Bertz CT molecular complexity index is 1680. The second-order valence-electron chi connectivity index (χ2n) is 12.9. The Morgan fingerprint density at radius 3 is 2.35 bits per heavy atom. The summed E-state index contributed by atoms with van der Waals surface area (Å²) in [6.45, 7) is 7.91. The molecule has 2 aromatic rings. The van der Waals surface area contributed by atoms with Crippen LogP contribution < -0.4 is 0 Å². The molecule has 2 aromatic carbocycles. The van der Waals surface area contributed by atoms with Gasteiger partial charge in [0.25, 0.3) is 0 Å². The van der Waals surface area contributed by atoms with Crippen LogP contribution in [0, 0.1) is 22.7 Å². The van der Waals surface area contributed by atoms with E-state index in [1.54, 1.807) is 58.0 Å². The predicted octanol–water partition coefficient (Wildman–Crippen LogP) is 4.84. The number of ketones is 4. The Hall–Kier alpha value is -4.08. The molecule has 0 bridgehead atoms. The van der Waals surface area contributed by atoms with Crippen molar-refractivity contribution in [1.82, 2.24) is 0 Å². The third-order valence-electron chi connectivity index (χ3n) is 9.66. The summed E-state index contributed by atoms with van der Waals surface area (Å²) < 4.78 is 4.99. The zero-order chi connectivity index (χ0) is 31.8. The fourth-order valence-electron chi connectivity index (χ4n) is 8.08. The molecule has 0 amide bonds. The van der Waals surface area contributed by atoms with Crippen LogP contribution >= 0.6 is 0 Å². The summed E-state index contributed by atoms with van der Waals surface area (Å²) >= 11 is 0. The van der Waals surface area contributed by atoms with Gasteiger partial charge in [0.15, 0.2) is 23.0 Å². The first-order valence-corrected chi connectivity index (χ1v) is 14.2. The molecule has 0 heterocycles. The number of rotatable bonds is 6. The van der Waals surface area contributed by atoms with Gasteiger partial charge in [-0.1, -0.05) is 52.0 Å². The molecule has 3 aliphatic carbocycles. The highest BCUT2D eigenvalue weighted by Gasteiger charge is 2.71. The van der Waals surface area contributed by atoms with Crippen LogP contribution in [0.15, 0.2) is 59.1 Å². The molecule has 9 nitrogen and oxygen atoms in total. The molecular formula is C34H36O9. The molecule has 43 heavy (non-hydrogen) atoms. The van der Waals surface area contributed by atoms with Gasteiger partial charge < -0.3 is 25.2 Å². The minimum Gasteiger partial charge on any atom is -0.511 e. The molecule has 9 heteroatoms. The summed E-state index contributed by atoms with van der Waals surface area (Å²) in [6.07, 6.45) is 0.120. The molecule has 226 valence electrons. The highest BCUT2D eigenvalue weighted by Crippen LogP contribution is 2.65. The number of aliphatic hydroxyl groups is 3. The van der Waals surface area contributed by atoms with Crippen LogP contribution in [0.3, 0.4) is 0 Å². The SMILES string of the molecule is COCC(=O)c1cccc(-c2ccc(O)c3c2C[C@]2(C)C[C@]4(C)C(C(C)C)C(O)=C(C(C)=O)C(=O)[C@]4(O)C(O)=C2C3=O)c1. The van der Waals surface area contributed by atoms with Gasteiger partial charge in [-0.15, -0.1) is 0 Å². The minimum atomic E-state index is -2.67. The molecule has 5 rings (SSSR count). The van der Waals surface area contributed by atoms with Gasteiger partial charge in [-0.3, -0.25) is 19.2 Å². The average Bonchev–Trinajstić information content (AvgIpc) is 2.90. The molecule has 1 unspecified atom stereocenters. The van der Waals surface area contributed by atoms with Crippen molar-refractivity contribution in [2.24, 2.45) is 22.7 Å². The fourth-order valence-corrected chi connectivity index (χ4v) is 8.08. The molecule has 0 saturated carbocycles. The first kappa shape index (κ1) is 30.4. The third kappa shape index (κ3) is 4.05. The van der Waals surface area contributed by atoms with Gasteiger partial charge in [0.1, 0.15) is 29.4 Å². The molecule has 0 radical (unpaired) electrons. The maximum atomic E-state index is 14.3. The Kier molecular flexibility index (Phi) is 7.06. The van der Waals surface area contributed by atoms with Crippen molar-refractivity contribution in [3.63, 3.8) is 0 Å². The van der Waals surface area contributed by atoms with Crippen molar-refractivity contribution < 1.29 is 44.3 Å². The second kappa shape index (κ2) is 9.99. The Morgan fingerprint density at radius 1 is 1.07 bits per heavy atom. The number of phenolic OH excluding ortho intramolecular Hbond substituents is 1. The van der Waals surface area contributed by atoms with Gasteiger partial charge >= 0.3 is 0 Å². The maximum Gasteiger partial charge on any atom is 0.209 e. The summed E-state index contributed by atoms with van der Waals surface area (Å²) in [7, 11) is 1.43. The zero-order valence-corrected chi connectivity index (χ0v) is 25.1. The molecule has 0 aliphatic heterocycles. The van der Waals surface area contributed by atoms with E-state index in [1.807, 2.05) is 0 Å². The van der Waals surface area contributed by atoms with Crippen molar-refractivity contribution in [2.75, 3.05) is 13.7 Å². The summed E-state index contributed by atoms with van der Waals surface area (Å²) in [5.41, 5.74) is -4.08. The molecule has 0 spiro atoms. The lowest BCUT2D eigenvalue weighted by molar-refractivity contribution is -0.171. The van der Waals surface area contributed by atoms with Crippen LogP contribution in [0.1, 0.15) is 67.3 Å². The number of fused-ring (bicyclic) bond motifs is 3. The smallest absolute Gasteiger partial charge is 0.209 e. The van der Waals surface area contributed by atoms with Gasteiger partial charge in [-0.2, -0.15) is 0 Å². The Labute approximate surface area is 249 Å². The van der Waals surface area contributed by atoms with Crippen molar-refractivity contribution >= 4 is 23.1 Å². The standard InChI is InChI=1S/C34H36O9/c1-16(2)26-28(38)24(17(3)35)30(40)34(42)31(41)27-29(39)25-21(13-32(27,4)15-33(26,34)5)20(10-11-22(25)36)18-8-7-9-19(12-18)23(37)14-43-6/h7-12,16,26,36,38,41-42H,13-15H2,1-6H3/t26?,32-,33-,34+/m1/s1. The van der Waals surface area contributed by atoms with E-state index in [9.17, 15) is 39.6 Å². The van der Waals surface area contributed by atoms with E-state index in [4.69, 9.17) is 4.74 Å². The summed E-state index contributed by atoms with van der Waals surface area (Å²) in [5, 5.41) is 46.2. The summed E-state index contributed by atoms with van der Waals surface area (Å²) in [5.74, 6) is -5.80. The van der Waals surface area contributed by atoms with E-state index in [1.165, 1.54) is 13.2 Å². The lowest BCUT2D eigenvalue weighted by Crippen LogP contribution is -2.67. The van der Waals surface area contributed by atoms with E-state index >= 15 is 0 Å². The van der Waals surface area contributed by atoms with Crippen LogP contribution in [-0.4, -0.2) is 62.9 Å². The Morgan fingerprint density at radius 2 is 1.74 bits per heavy atom. The molecule has 4 N–H and O–H groups in total. The quantitative estimate of drug-likeness (QED) is 0.274. The van der Waals surface area contributed by atoms with E-state index < -0.39 is 56.8 Å². The molecule has 0 aromatic heterocycles. The molecule has 0 saturated heterocycles. The lowest BCUT2D eigenvalue weighted by atomic mass is 9.44. The number of ether oxygens (including phenoxy) is 1. The summed E-state index contributed by atoms with van der Waals surface area (Å²) in [4.78, 5) is 53.1. The average molecular weight is 589 g/mol. The van der Waals surface area contributed by atoms with E-state index in [2.05, 4.69) is 0 Å².